The first-order chi connectivity index (χ1) is 9.31. The van der Waals surface area contributed by atoms with Crippen molar-refractivity contribution in [3.63, 3.8) is 0 Å². The van der Waals surface area contributed by atoms with Crippen LogP contribution in [0.3, 0.4) is 0 Å². The van der Waals surface area contributed by atoms with E-state index in [-0.39, 0.29) is 18.1 Å². The Morgan fingerprint density at radius 1 is 1.10 bits per heavy atom. The molecule has 4 heteroatoms. The summed E-state index contributed by atoms with van der Waals surface area (Å²) in [6.45, 7) is 9.53. The van der Waals surface area contributed by atoms with Gasteiger partial charge in [-0.2, -0.15) is 0 Å². The molecule has 0 unspecified atom stereocenters. The van der Waals surface area contributed by atoms with Crippen LogP contribution in [0.1, 0.15) is 33.3 Å². The topological polar surface area (TPSA) is 61.5 Å². The molecule has 0 amide bonds. The summed E-state index contributed by atoms with van der Waals surface area (Å²) < 4.78 is 11.3. The fourth-order valence-electron chi connectivity index (χ4n) is 1.91. The number of rotatable bonds is 6. The lowest BCUT2D eigenvalue weighted by molar-refractivity contribution is -0.157. The lowest BCUT2D eigenvalue weighted by atomic mass is 10.0. The van der Waals surface area contributed by atoms with E-state index in [0.717, 1.165) is 5.75 Å². The Morgan fingerprint density at radius 2 is 1.65 bits per heavy atom. The summed E-state index contributed by atoms with van der Waals surface area (Å²) in [6.07, 6.45) is -0.560. The van der Waals surface area contributed by atoms with Gasteiger partial charge in [-0.25, -0.2) is 0 Å². The third kappa shape index (κ3) is 4.85. The highest BCUT2D eigenvalue weighted by atomic mass is 16.6. The minimum absolute atomic E-state index is 0.151. The van der Waals surface area contributed by atoms with Gasteiger partial charge in [0.1, 0.15) is 24.0 Å². The third-order valence-electron chi connectivity index (χ3n) is 3.09. The molecule has 0 spiro atoms. The van der Waals surface area contributed by atoms with Gasteiger partial charge < -0.3 is 15.2 Å². The van der Waals surface area contributed by atoms with Gasteiger partial charge in [0.25, 0.3) is 0 Å². The Bertz CT molecular complexity index is 426. The second-order valence-electron chi connectivity index (χ2n) is 5.57. The molecule has 4 nitrogen and oxygen atoms in total. The Hall–Kier alpha value is -1.55. The molecular formula is C16H25NO3. The molecule has 0 bridgehead atoms. The first kappa shape index (κ1) is 16.5. The normalized spacial score (nSPS) is 15.6. The summed E-state index contributed by atoms with van der Waals surface area (Å²) in [5, 5.41) is 0. The number of esters is 1. The van der Waals surface area contributed by atoms with E-state index in [4.69, 9.17) is 15.2 Å². The summed E-state index contributed by atoms with van der Waals surface area (Å²) >= 11 is 0. The highest BCUT2D eigenvalue weighted by Gasteiger charge is 2.27. The van der Waals surface area contributed by atoms with Gasteiger partial charge in [0.15, 0.2) is 0 Å². The maximum atomic E-state index is 11.7. The van der Waals surface area contributed by atoms with Crippen LogP contribution in [0.5, 0.6) is 5.75 Å². The van der Waals surface area contributed by atoms with E-state index in [2.05, 4.69) is 0 Å². The zero-order chi connectivity index (χ0) is 15.3. The van der Waals surface area contributed by atoms with Gasteiger partial charge in [-0.3, -0.25) is 4.79 Å². The van der Waals surface area contributed by atoms with Gasteiger partial charge in [0, 0.05) is 0 Å². The van der Waals surface area contributed by atoms with Crippen LogP contribution in [0, 0.1) is 12.8 Å². The number of hydrogen-bond donors (Lipinski definition) is 1. The van der Waals surface area contributed by atoms with E-state index in [0.29, 0.717) is 0 Å². The van der Waals surface area contributed by atoms with Crippen LogP contribution in [0.25, 0.3) is 0 Å². The van der Waals surface area contributed by atoms with Crippen LogP contribution < -0.4 is 10.5 Å². The molecule has 0 aliphatic heterocycles. The average Bonchev–Trinajstić information content (AvgIpc) is 2.37. The fraction of sp³-hybridized carbons (Fsp3) is 0.562. The highest BCUT2D eigenvalue weighted by Crippen LogP contribution is 2.19. The SMILES string of the molecule is Cc1ccc(O[C@@H](C)[C@H](OC(=O)[C@H](C)N)C(C)C)cc1. The van der Waals surface area contributed by atoms with E-state index in [1.165, 1.54) is 5.56 Å². The van der Waals surface area contributed by atoms with E-state index < -0.39 is 12.0 Å². The van der Waals surface area contributed by atoms with E-state index in [9.17, 15) is 4.79 Å². The van der Waals surface area contributed by atoms with Crippen LogP contribution in [-0.2, 0) is 9.53 Å². The van der Waals surface area contributed by atoms with E-state index >= 15 is 0 Å². The van der Waals surface area contributed by atoms with Crippen LogP contribution in [0.4, 0.5) is 0 Å². The molecule has 0 fully saturated rings. The van der Waals surface area contributed by atoms with Crippen molar-refractivity contribution in [2.45, 2.75) is 52.9 Å². The average molecular weight is 279 g/mol. The minimum Gasteiger partial charge on any atom is -0.487 e. The Kier molecular flexibility index (Phi) is 6.02. The number of benzene rings is 1. The van der Waals surface area contributed by atoms with Crippen molar-refractivity contribution in [2.75, 3.05) is 0 Å². The summed E-state index contributed by atoms with van der Waals surface area (Å²) in [5.41, 5.74) is 6.71. The zero-order valence-electron chi connectivity index (χ0n) is 12.9. The molecule has 2 N–H and O–H groups in total. The lowest BCUT2D eigenvalue weighted by Crippen LogP contribution is -2.41. The number of hydrogen-bond acceptors (Lipinski definition) is 4. The molecule has 112 valence electrons. The van der Waals surface area contributed by atoms with Gasteiger partial charge in [-0.1, -0.05) is 31.5 Å². The zero-order valence-corrected chi connectivity index (χ0v) is 12.9. The van der Waals surface area contributed by atoms with Crippen molar-refractivity contribution in [2.24, 2.45) is 11.7 Å². The molecule has 1 aromatic rings. The van der Waals surface area contributed by atoms with Gasteiger partial charge in [0.05, 0.1) is 0 Å². The number of nitrogens with two attached hydrogens (primary N) is 1. The van der Waals surface area contributed by atoms with Crippen molar-refractivity contribution in [3.05, 3.63) is 29.8 Å². The van der Waals surface area contributed by atoms with Crippen molar-refractivity contribution in [3.8, 4) is 5.75 Å². The molecule has 20 heavy (non-hydrogen) atoms. The highest BCUT2D eigenvalue weighted by molar-refractivity contribution is 5.75. The van der Waals surface area contributed by atoms with Crippen molar-refractivity contribution >= 4 is 5.97 Å². The van der Waals surface area contributed by atoms with Gasteiger partial charge >= 0.3 is 5.97 Å². The number of carbonyl (C=O) groups excluding carboxylic acids is 1. The molecule has 0 aliphatic carbocycles. The van der Waals surface area contributed by atoms with Crippen LogP contribution in [0.2, 0.25) is 0 Å². The predicted octanol–water partition coefficient (Wildman–Crippen LogP) is 2.68. The maximum absolute atomic E-state index is 11.7. The molecular weight excluding hydrogens is 254 g/mol. The fourth-order valence-corrected chi connectivity index (χ4v) is 1.91. The molecule has 0 aliphatic rings. The molecule has 0 saturated carbocycles. The second kappa shape index (κ2) is 7.29. The van der Waals surface area contributed by atoms with Crippen molar-refractivity contribution in [1.29, 1.82) is 0 Å². The quantitative estimate of drug-likeness (QED) is 0.813. The van der Waals surface area contributed by atoms with E-state index in [1.807, 2.05) is 52.0 Å². The first-order valence-corrected chi connectivity index (χ1v) is 7.00. The number of aryl methyl sites for hydroxylation is 1. The summed E-state index contributed by atoms with van der Waals surface area (Å²) in [4.78, 5) is 11.7. The molecule has 0 aromatic heterocycles. The Morgan fingerprint density at radius 3 is 2.10 bits per heavy atom. The molecule has 0 heterocycles. The molecule has 0 saturated heterocycles. The molecule has 1 rings (SSSR count). The standard InChI is InChI=1S/C16H25NO3/c1-10(2)15(20-16(18)12(4)17)13(5)19-14-8-6-11(3)7-9-14/h6-10,12-13,15H,17H2,1-5H3/t12-,13-,15+/m0/s1. The largest absolute Gasteiger partial charge is 0.487 e. The molecule has 3 atom stereocenters. The minimum atomic E-state index is -0.622. The number of carbonyl (C=O) groups is 1. The smallest absolute Gasteiger partial charge is 0.323 e. The number of ether oxygens (including phenoxy) is 2. The summed E-state index contributed by atoms with van der Waals surface area (Å²) in [7, 11) is 0. The van der Waals surface area contributed by atoms with Crippen LogP contribution in [0.15, 0.2) is 24.3 Å². The van der Waals surface area contributed by atoms with Crippen molar-refractivity contribution < 1.29 is 14.3 Å². The predicted molar refractivity (Wildman–Crippen MR) is 79.6 cm³/mol. The first-order valence-electron chi connectivity index (χ1n) is 7.00. The second-order valence-corrected chi connectivity index (χ2v) is 5.57. The summed E-state index contributed by atoms with van der Waals surface area (Å²) in [6, 6.07) is 7.18. The van der Waals surface area contributed by atoms with Gasteiger partial charge in [0.2, 0.25) is 0 Å². The lowest BCUT2D eigenvalue weighted by Gasteiger charge is -2.28. The van der Waals surface area contributed by atoms with Gasteiger partial charge in [-0.15, -0.1) is 0 Å². The third-order valence-corrected chi connectivity index (χ3v) is 3.09. The maximum Gasteiger partial charge on any atom is 0.323 e. The van der Waals surface area contributed by atoms with E-state index in [1.54, 1.807) is 6.92 Å². The van der Waals surface area contributed by atoms with Crippen LogP contribution >= 0.6 is 0 Å². The molecule has 0 radical (unpaired) electrons. The molecule has 1 aromatic carbocycles. The van der Waals surface area contributed by atoms with Crippen molar-refractivity contribution in [1.82, 2.24) is 0 Å². The van der Waals surface area contributed by atoms with Crippen LogP contribution in [-0.4, -0.2) is 24.2 Å². The monoisotopic (exact) mass is 279 g/mol. The van der Waals surface area contributed by atoms with Gasteiger partial charge in [-0.05, 0) is 38.8 Å². The Labute approximate surface area is 121 Å². The summed E-state index contributed by atoms with van der Waals surface area (Å²) in [5.74, 6) is 0.520. The Balaban J connectivity index is 2.71.